The molecule has 0 aliphatic carbocycles. The zero-order chi connectivity index (χ0) is 23.5. The van der Waals surface area contributed by atoms with Gasteiger partial charge in [0.2, 0.25) is 0 Å². The molecule has 2 fully saturated rings. The molecule has 2 aliphatic rings. The molecule has 1 N–H and O–H groups in total. The van der Waals surface area contributed by atoms with Crippen LogP contribution < -0.4 is 0 Å². The molecule has 0 bridgehead atoms. The molecule has 32 heavy (non-hydrogen) atoms. The number of rotatable bonds is 4. The Morgan fingerprint density at radius 3 is 2.00 bits per heavy atom. The molecular formula is C24H34N2O6. The Kier molecular flexibility index (Phi) is 7.44. The van der Waals surface area contributed by atoms with Crippen molar-refractivity contribution in [1.82, 2.24) is 9.80 Å². The fourth-order valence-electron chi connectivity index (χ4n) is 4.33. The minimum atomic E-state index is -1.05. The maximum Gasteiger partial charge on any atom is 0.410 e. The van der Waals surface area contributed by atoms with Crippen LogP contribution in [0.25, 0.3) is 0 Å². The number of piperidine rings is 2. The molecule has 0 aromatic heterocycles. The maximum atomic E-state index is 13.1. The molecule has 2 amide bonds. The predicted octanol–water partition coefficient (Wildman–Crippen LogP) is 3.75. The lowest BCUT2D eigenvalue weighted by Gasteiger charge is -2.34. The second-order valence-corrected chi connectivity index (χ2v) is 9.62. The lowest BCUT2D eigenvalue weighted by molar-refractivity contribution is 0.0204. The van der Waals surface area contributed by atoms with Crippen LogP contribution in [0.3, 0.4) is 0 Å². The van der Waals surface area contributed by atoms with E-state index in [2.05, 4.69) is 0 Å². The van der Waals surface area contributed by atoms with Crippen LogP contribution in [0.15, 0.2) is 18.2 Å². The van der Waals surface area contributed by atoms with Crippen LogP contribution in [0.4, 0.5) is 4.79 Å². The Hall–Kier alpha value is -2.61. The predicted molar refractivity (Wildman–Crippen MR) is 119 cm³/mol. The van der Waals surface area contributed by atoms with Gasteiger partial charge in [0.25, 0.3) is 5.91 Å². The van der Waals surface area contributed by atoms with Gasteiger partial charge < -0.3 is 24.4 Å². The van der Waals surface area contributed by atoms with Crippen LogP contribution in [0.2, 0.25) is 0 Å². The third kappa shape index (κ3) is 6.00. The van der Waals surface area contributed by atoms with Crippen LogP contribution in [0.1, 0.15) is 78.7 Å². The molecule has 2 heterocycles. The third-order valence-electron chi connectivity index (χ3n) is 6.13. The number of hydrogen-bond donors (Lipinski definition) is 1. The molecule has 8 nitrogen and oxygen atoms in total. The van der Waals surface area contributed by atoms with Gasteiger partial charge in [-0.3, -0.25) is 4.79 Å². The van der Waals surface area contributed by atoms with E-state index in [1.54, 1.807) is 23.0 Å². The largest absolute Gasteiger partial charge is 0.478 e. The second kappa shape index (κ2) is 9.90. The number of benzene rings is 1. The van der Waals surface area contributed by atoms with E-state index in [1.807, 2.05) is 26.8 Å². The first-order chi connectivity index (χ1) is 15.1. The molecule has 2 saturated heterocycles. The number of likely N-dealkylation sites (tertiary alicyclic amines) is 2. The summed E-state index contributed by atoms with van der Waals surface area (Å²) in [5.74, 6) is -1.11. The summed E-state index contributed by atoms with van der Waals surface area (Å²) in [7, 11) is 1.68. The fraction of sp³-hybridized carbons (Fsp3) is 0.625. The quantitative estimate of drug-likeness (QED) is 0.757. The van der Waals surface area contributed by atoms with Crippen molar-refractivity contribution in [3.8, 4) is 0 Å². The van der Waals surface area contributed by atoms with Crippen molar-refractivity contribution in [3.05, 3.63) is 34.9 Å². The van der Waals surface area contributed by atoms with Crippen LogP contribution in [-0.4, -0.2) is 77.9 Å². The van der Waals surface area contributed by atoms with Crippen molar-refractivity contribution in [2.75, 3.05) is 33.3 Å². The van der Waals surface area contributed by atoms with E-state index in [9.17, 15) is 19.5 Å². The van der Waals surface area contributed by atoms with Gasteiger partial charge >= 0.3 is 12.1 Å². The molecule has 1 aromatic rings. The van der Waals surface area contributed by atoms with Crippen LogP contribution >= 0.6 is 0 Å². The lowest BCUT2D eigenvalue weighted by Crippen LogP contribution is -2.41. The minimum absolute atomic E-state index is 0.0822. The highest BCUT2D eigenvalue weighted by molar-refractivity contribution is 5.98. The average molecular weight is 447 g/mol. The first kappa shape index (κ1) is 24.0. The average Bonchev–Trinajstić information content (AvgIpc) is 2.77. The Labute approximate surface area is 189 Å². The first-order valence-corrected chi connectivity index (χ1v) is 11.3. The standard InChI is InChI=1S/C24H34N2O6/c1-24(2,3)32-23(30)26-9-5-16(6-10-26)17-13-18(15-19(14-17)22(28)29)21(27)25-11-7-20(31-4)8-12-25/h13-16,20H,5-12H2,1-4H3,(H,28,29). The van der Waals surface area contributed by atoms with Crippen molar-refractivity contribution >= 4 is 18.0 Å². The summed E-state index contributed by atoms with van der Waals surface area (Å²) in [4.78, 5) is 40.6. The summed E-state index contributed by atoms with van der Waals surface area (Å²) in [5, 5.41) is 9.60. The van der Waals surface area contributed by atoms with Crippen LogP contribution in [-0.2, 0) is 9.47 Å². The molecule has 0 saturated carbocycles. The van der Waals surface area contributed by atoms with E-state index in [4.69, 9.17) is 9.47 Å². The number of carboxylic acid groups (broad SMARTS) is 1. The Morgan fingerprint density at radius 2 is 1.47 bits per heavy atom. The third-order valence-corrected chi connectivity index (χ3v) is 6.13. The highest BCUT2D eigenvalue weighted by Gasteiger charge is 2.29. The van der Waals surface area contributed by atoms with Gasteiger partial charge in [0.15, 0.2) is 0 Å². The van der Waals surface area contributed by atoms with E-state index in [0.717, 1.165) is 18.4 Å². The molecule has 8 heteroatoms. The molecule has 1 aromatic carbocycles. The Morgan fingerprint density at radius 1 is 0.906 bits per heavy atom. The highest BCUT2D eigenvalue weighted by Crippen LogP contribution is 2.31. The molecule has 0 spiro atoms. The van der Waals surface area contributed by atoms with Gasteiger partial charge in [0.05, 0.1) is 11.7 Å². The number of aromatic carboxylic acids is 1. The number of carboxylic acids is 1. The zero-order valence-electron chi connectivity index (χ0n) is 19.4. The monoisotopic (exact) mass is 446 g/mol. The summed E-state index contributed by atoms with van der Waals surface area (Å²) in [6.45, 7) is 7.77. The number of carbonyl (C=O) groups is 3. The van der Waals surface area contributed by atoms with E-state index in [0.29, 0.717) is 44.6 Å². The number of nitrogens with zero attached hydrogens (tertiary/aromatic N) is 2. The van der Waals surface area contributed by atoms with Crippen molar-refractivity contribution in [2.24, 2.45) is 0 Å². The molecule has 0 atom stereocenters. The van der Waals surface area contributed by atoms with Gasteiger partial charge in [-0.1, -0.05) is 0 Å². The van der Waals surface area contributed by atoms with E-state index >= 15 is 0 Å². The van der Waals surface area contributed by atoms with Gasteiger partial charge in [-0.2, -0.15) is 0 Å². The molecule has 2 aliphatic heterocycles. The minimum Gasteiger partial charge on any atom is -0.478 e. The molecule has 0 unspecified atom stereocenters. The number of methoxy groups -OCH3 is 1. The summed E-state index contributed by atoms with van der Waals surface area (Å²) < 4.78 is 10.8. The number of carbonyl (C=O) groups excluding carboxylic acids is 2. The van der Waals surface area contributed by atoms with Crippen molar-refractivity contribution < 1.29 is 29.0 Å². The normalized spacial score (nSPS) is 18.5. The zero-order valence-corrected chi connectivity index (χ0v) is 19.4. The molecule has 3 rings (SSSR count). The van der Waals surface area contributed by atoms with Gasteiger partial charge in [-0.25, -0.2) is 9.59 Å². The van der Waals surface area contributed by atoms with Gasteiger partial charge in [0, 0.05) is 38.9 Å². The fourth-order valence-corrected chi connectivity index (χ4v) is 4.33. The summed E-state index contributed by atoms with van der Waals surface area (Å²) in [6.07, 6.45) is 2.76. The maximum absolute atomic E-state index is 13.1. The van der Waals surface area contributed by atoms with E-state index < -0.39 is 11.6 Å². The number of amides is 2. The molecular weight excluding hydrogens is 412 g/mol. The van der Waals surface area contributed by atoms with Gasteiger partial charge in [-0.15, -0.1) is 0 Å². The smallest absolute Gasteiger partial charge is 0.410 e. The highest BCUT2D eigenvalue weighted by atomic mass is 16.6. The lowest BCUT2D eigenvalue weighted by atomic mass is 9.87. The van der Waals surface area contributed by atoms with Crippen LogP contribution in [0.5, 0.6) is 0 Å². The Balaban J connectivity index is 1.72. The molecule has 176 valence electrons. The topological polar surface area (TPSA) is 96.4 Å². The van der Waals surface area contributed by atoms with Crippen molar-refractivity contribution in [1.29, 1.82) is 0 Å². The summed E-state index contributed by atoms with van der Waals surface area (Å²) in [6, 6.07) is 4.95. The van der Waals surface area contributed by atoms with Gasteiger partial charge in [0.1, 0.15) is 5.60 Å². The summed E-state index contributed by atoms with van der Waals surface area (Å²) in [5.41, 5.74) is 0.818. The molecule has 0 radical (unpaired) electrons. The first-order valence-electron chi connectivity index (χ1n) is 11.3. The van der Waals surface area contributed by atoms with Crippen molar-refractivity contribution in [2.45, 2.75) is 64.1 Å². The van der Waals surface area contributed by atoms with Crippen LogP contribution in [0, 0.1) is 0 Å². The van der Waals surface area contributed by atoms with Gasteiger partial charge in [-0.05, 0) is 76.1 Å². The van der Waals surface area contributed by atoms with E-state index in [-0.39, 0.29) is 29.6 Å². The Bertz CT molecular complexity index is 847. The van der Waals surface area contributed by atoms with E-state index in [1.165, 1.54) is 6.07 Å². The second-order valence-electron chi connectivity index (χ2n) is 9.62. The number of ether oxygens (including phenoxy) is 2. The number of hydrogen-bond acceptors (Lipinski definition) is 5. The SMILES string of the molecule is COC1CCN(C(=O)c2cc(C(=O)O)cc(C3CCN(C(=O)OC(C)(C)C)CC3)c2)CC1. The summed E-state index contributed by atoms with van der Waals surface area (Å²) >= 11 is 0. The van der Waals surface area contributed by atoms with Crippen molar-refractivity contribution in [3.63, 3.8) is 0 Å².